The molecule has 132 valence electrons. The fourth-order valence-electron chi connectivity index (χ4n) is 2.40. The number of aromatic hydroxyl groups is 2. The van der Waals surface area contributed by atoms with Crippen molar-refractivity contribution < 1.29 is 24.4 Å². The minimum atomic E-state index is -0.357. The highest BCUT2D eigenvalue weighted by Crippen LogP contribution is 2.39. The summed E-state index contributed by atoms with van der Waals surface area (Å²) >= 11 is 0. The Bertz CT molecular complexity index is 668. The van der Waals surface area contributed by atoms with Gasteiger partial charge in [0.15, 0.2) is 23.0 Å². The molecular weight excluding hydrogens is 334 g/mol. The largest absolute Gasteiger partial charge is 0.504 e. The molecule has 2 rings (SSSR count). The Labute approximate surface area is 147 Å². The molecule has 0 amide bonds. The summed E-state index contributed by atoms with van der Waals surface area (Å²) in [6.45, 7) is 0. The second-order valence-corrected chi connectivity index (χ2v) is 5.09. The van der Waals surface area contributed by atoms with Crippen molar-refractivity contribution in [2.45, 2.75) is 12.5 Å². The van der Waals surface area contributed by atoms with Gasteiger partial charge in [-0.1, -0.05) is 6.07 Å². The Morgan fingerprint density at radius 2 is 1.50 bits per heavy atom. The first-order valence-corrected chi connectivity index (χ1v) is 7.06. The van der Waals surface area contributed by atoms with E-state index < -0.39 is 0 Å². The van der Waals surface area contributed by atoms with Crippen molar-refractivity contribution in [2.75, 3.05) is 21.3 Å². The number of methoxy groups -OCH3 is 3. The molecule has 0 spiro atoms. The van der Waals surface area contributed by atoms with Crippen LogP contribution in [-0.2, 0) is 6.42 Å². The molecule has 0 saturated carbocycles. The van der Waals surface area contributed by atoms with Gasteiger partial charge in [-0.05, 0) is 41.8 Å². The predicted octanol–water partition coefficient (Wildman–Crippen LogP) is 2.79. The molecule has 0 radical (unpaired) electrons. The van der Waals surface area contributed by atoms with Gasteiger partial charge in [-0.3, -0.25) is 0 Å². The van der Waals surface area contributed by atoms with Crippen molar-refractivity contribution >= 4 is 12.4 Å². The quantitative estimate of drug-likeness (QED) is 0.690. The van der Waals surface area contributed by atoms with Gasteiger partial charge in [0.25, 0.3) is 0 Å². The summed E-state index contributed by atoms with van der Waals surface area (Å²) in [5.74, 6) is 1.27. The van der Waals surface area contributed by atoms with Gasteiger partial charge < -0.3 is 30.2 Å². The van der Waals surface area contributed by atoms with E-state index in [1.54, 1.807) is 27.4 Å². The number of hydrogen-bond acceptors (Lipinski definition) is 6. The van der Waals surface area contributed by atoms with Crippen molar-refractivity contribution in [1.29, 1.82) is 0 Å². The Balaban J connectivity index is 0.00000288. The summed E-state index contributed by atoms with van der Waals surface area (Å²) in [6, 6.07) is 7.86. The number of phenolic OH excluding ortho intramolecular Hbond substituents is 2. The molecule has 1 atom stereocenters. The molecule has 0 fully saturated rings. The molecule has 4 N–H and O–H groups in total. The van der Waals surface area contributed by atoms with Gasteiger partial charge in [-0.15, -0.1) is 12.4 Å². The van der Waals surface area contributed by atoms with Crippen molar-refractivity contribution in [2.24, 2.45) is 5.73 Å². The lowest BCUT2D eigenvalue weighted by Crippen LogP contribution is -2.13. The van der Waals surface area contributed by atoms with Gasteiger partial charge >= 0.3 is 0 Å². The molecule has 7 heteroatoms. The first-order chi connectivity index (χ1) is 11.0. The normalized spacial score (nSPS) is 11.3. The SMILES string of the molecule is COc1cc(CC(N)c2ccc(O)c(O)c2)cc(OC)c1OC.Cl. The molecule has 0 aliphatic heterocycles. The molecule has 6 nitrogen and oxygen atoms in total. The average Bonchev–Trinajstić information content (AvgIpc) is 2.56. The maximum atomic E-state index is 9.59. The Morgan fingerprint density at radius 1 is 0.917 bits per heavy atom. The number of rotatable bonds is 6. The zero-order valence-electron chi connectivity index (χ0n) is 13.8. The predicted molar refractivity (Wildman–Crippen MR) is 93.8 cm³/mol. The molecule has 0 aliphatic carbocycles. The van der Waals surface area contributed by atoms with Crippen molar-refractivity contribution in [3.8, 4) is 28.7 Å². The molecule has 24 heavy (non-hydrogen) atoms. The van der Waals surface area contributed by atoms with Gasteiger partial charge in [-0.25, -0.2) is 0 Å². The molecule has 1 unspecified atom stereocenters. The van der Waals surface area contributed by atoms with Crippen molar-refractivity contribution in [1.82, 2.24) is 0 Å². The monoisotopic (exact) mass is 355 g/mol. The second kappa shape index (κ2) is 8.52. The van der Waals surface area contributed by atoms with E-state index in [4.69, 9.17) is 19.9 Å². The summed E-state index contributed by atoms with van der Waals surface area (Å²) in [4.78, 5) is 0. The van der Waals surface area contributed by atoms with Crippen molar-refractivity contribution in [3.05, 3.63) is 41.5 Å². The third-order valence-corrected chi connectivity index (χ3v) is 3.61. The van der Waals surface area contributed by atoms with Gasteiger partial charge in [0, 0.05) is 6.04 Å². The van der Waals surface area contributed by atoms with E-state index in [0.29, 0.717) is 29.2 Å². The fraction of sp³-hybridized carbons (Fsp3) is 0.294. The van der Waals surface area contributed by atoms with Crippen LogP contribution in [0, 0.1) is 0 Å². The standard InChI is InChI=1S/C17H21NO5.ClH/c1-21-15-7-10(8-16(22-2)17(15)23-3)6-12(18)11-4-5-13(19)14(20)9-11;/h4-5,7-9,12,19-20H,6,18H2,1-3H3;1H. The Hall–Kier alpha value is -2.31. The summed E-state index contributed by atoms with van der Waals surface area (Å²) in [5.41, 5.74) is 7.81. The Kier molecular flexibility index (Phi) is 7.00. The van der Waals surface area contributed by atoms with Crippen LogP contribution in [0.5, 0.6) is 28.7 Å². The lowest BCUT2D eigenvalue weighted by molar-refractivity contribution is 0.323. The number of ether oxygens (including phenoxy) is 3. The summed E-state index contributed by atoms with van der Waals surface area (Å²) in [5, 5.41) is 19.0. The number of halogens is 1. The molecule has 2 aromatic rings. The van der Waals surface area contributed by atoms with Crippen molar-refractivity contribution in [3.63, 3.8) is 0 Å². The van der Waals surface area contributed by atoms with E-state index in [0.717, 1.165) is 5.56 Å². The number of hydrogen-bond donors (Lipinski definition) is 3. The van der Waals surface area contributed by atoms with Crippen LogP contribution >= 0.6 is 12.4 Å². The van der Waals surface area contributed by atoms with Gasteiger partial charge in [-0.2, -0.15) is 0 Å². The fourth-order valence-corrected chi connectivity index (χ4v) is 2.40. The van der Waals surface area contributed by atoms with Crippen LogP contribution in [-0.4, -0.2) is 31.5 Å². The summed E-state index contributed by atoms with van der Waals surface area (Å²) in [7, 11) is 4.66. The van der Waals surface area contributed by atoms with Crippen LogP contribution < -0.4 is 19.9 Å². The van der Waals surface area contributed by atoms with E-state index in [9.17, 15) is 10.2 Å². The summed E-state index contributed by atoms with van der Waals surface area (Å²) < 4.78 is 15.9. The summed E-state index contributed by atoms with van der Waals surface area (Å²) in [6.07, 6.45) is 0.501. The number of benzene rings is 2. The van der Waals surface area contributed by atoms with Crippen LogP contribution in [0.2, 0.25) is 0 Å². The first-order valence-electron chi connectivity index (χ1n) is 7.06. The highest BCUT2D eigenvalue weighted by molar-refractivity contribution is 5.85. The van der Waals surface area contributed by atoms with Gasteiger partial charge in [0.1, 0.15) is 0 Å². The van der Waals surface area contributed by atoms with E-state index in [2.05, 4.69) is 0 Å². The first kappa shape index (κ1) is 19.7. The van der Waals surface area contributed by atoms with Gasteiger partial charge in [0.2, 0.25) is 5.75 Å². The lowest BCUT2D eigenvalue weighted by atomic mass is 9.98. The molecular formula is C17H22ClNO5. The van der Waals surface area contributed by atoms with E-state index >= 15 is 0 Å². The third kappa shape index (κ3) is 4.15. The van der Waals surface area contributed by atoms with Crippen LogP contribution in [0.4, 0.5) is 0 Å². The minimum Gasteiger partial charge on any atom is -0.504 e. The van der Waals surface area contributed by atoms with Crippen LogP contribution in [0.15, 0.2) is 30.3 Å². The molecule has 0 bridgehead atoms. The number of nitrogens with two attached hydrogens (primary N) is 1. The maximum Gasteiger partial charge on any atom is 0.203 e. The average molecular weight is 356 g/mol. The topological polar surface area (TPSA) is 94.2 Å². The molecule has 0 heterocycles. The molecule has 0 aliphatic rings. The Morgan fingerprint density at radius 3 is 1.96 bits per heavy atom. The number of phenols is 2. The highest BCUT2D eigenvalue weighted by Gasteiger charge is 2.16. The molecule has 0 saturated heterocycles. The van der Waals surface area contributed by atoms with E-state index in [-0.39, 0.29) is 29.9 Å². The van der Waals surface area contributed by atoms with Crippen LogP contribution in [0.3, 0.4) is 0 Å². The van der Waals surface area contributed by atoms with Crippen LogP contribution in [0.1, 0.15) is 17.2 Å². The third-order valence-electron chi connectivity index (χ3n) is 3.61. The van der Waals surface area contributed by atoms with Gasteiger partial charge in [0.05, 0.1) is 21.3 Å². The molecule has 2 aromatic carbocycles. The smallest absolute Gasteiger partial charge is 0.203 e. The van der Waals surface area contributed by atoms with E-state index in [1.165, 1.54) is 12.1 Å². The highest BCUT2D eigenvalue weighted by atomic mass is 35.5. The zero-order valence-corrected chi connectivity index (χ0v) is 14.6. The minimum absolute atomic E-state index is 0. The van der Waals surface area contributed by atoms with Crippen LogP contribution in [0.25, 0.3) is 0 Å². The maximum absolute atomic E-state index is 9.59. The second-order valence-electron chi connectivity index (χ2n) is 5.09. The molecule has 0 aromatic heterocycles. The zero-order chi connectivity index (χ0) is 17.0. The van der Waals surface area contributed by atoms with E-state index in [1.807, 2.05) is 12.1 Å². The lowest BCUT2D eigenvalue weighted by Gasteiger charge is -2.17.